The molecule has 0 spiro atoms. The second kappa shape index (κ2) is 2.92. The van der Waals surface area contributed by atoms with Gasteiger partial charge in [0.25, 0.3) is 0 Å². The van der Waals surface area contributed by atoms with E-state index >= 15 is 0 Å². The lowest BCUT2D eigenvalue weighted by molar-refractivity contribution is -0.274. The number of ether oxygens (including phenoxy) is 1. The Kier molecular flexibility index (Phi) is 2.12. The molecule has 0 atom stereocenters. The maximum Gasteiger partial charge on any atom is 0.573 e. The second-order valence-electron chi connectivity index (χ2n) is 2.00. The summed E-state index contributed by atoms with van der Waals surface area (Å²) in [6, 6.07) is 6.29. The molecule has 0 fully saturated rings. The van der Waals surface area contributed by atoms with Crippen molar-refractivity contribution >= 4 is 5.69 Å². The van der Waals surface area contributed by atoms with E-state index in [2.05, 4.69) is 10.8 Å². The summed E-state index contributed by atoms with van der Waals surface area (Å²) in [5, 5.41) is 0. The summed E-state index contributed by atoms with van der Waals surface area (Å²) in [5.41, 5.74) is 5.08. The van der Waals surface area contributed by atoms with Gasteiger partial charge in [-0.15, -0.1) is 13.2 Å². The fourth-order valence-corrected chi connectivity index (χ4v) is 0.639. The van der Waals surface area contributed by atoms with Crippen molar-refractivity contribution in [3.05, 3.63) is 24.3 Å². The van der Waals surface area contributed by atoms with E-state index in [1.54, 1.807) is 0 Å². The molecule has 5 heteroatoms. The lowest BCUT2D eigenvalue weighted by Crippen LogP contribution is -2.17. The normalized spacial score (nSPS) is 11.2. The van der Waals surface area contributed by atoms with E-state index < -0.39 is 12.1 Å². The lowest BCUT2D eigenvalue weighted by Gasteiger charge is -2.09. The van der Waals surface area contributed by atoms with Crippen molar-refractivity contribution in [3.8, 4) is 5.75 Å². The molecule has 0 aliphatic carbocycles. The molecule has 0 amide bonds. The van der Waals surface area contributed by atoms with E-state index in [4.69, 9.17) is 5.73 Å². The first-order valence-corrected chi connectivity index (χ1v) is 3.01. The summed E-state index contributed by atoms with van der Waals surface area (Å²) in [6.45, 7) is 0. The van der Waals surface area contributed by atoms with Crippen LogP contribution in [-0.2, 0) is 0 Å². The van der Waals surface area contributed by atoms with Crippen LogP contribution in [0.2, 0.25) is 0 Å². The lowest BCUT2D eigenvalue weighted by atomic mass is 10.3. The monoisotopic (exact) mass is 176 g/mol. The molecular weight excluding hydrogens is 171 g/mol. The van der Waals surface area contributed by atoms with E-state index in [-0.39, 0.29) is 5.69 Å². The first-order chi connectivity index (χ1) is 5.49. The Bertz CT molecular complexity index is 272. The Morgan fingerprint density at radius 1 is 1.42 bits per heavy atom. The van der Waals surface area contributed by atoms with Crippen molar-refractivity contribution in [2.24, 2.45) is 0 Å². The fourth-order valence-electron chi connectivity index (χ4n) is 0.639. The van der Waals surface area contributed by atoms with Crippen LogP contribution < -0.4 is 10.5 Å². The number of halogens is 3. The van der Waals surface area contributed by atoms with Crippen LogP contribution >= 0.6 is 0 Å². The third-order valence-corrected chi connectivity index (χ3v) is 1.07. The summed E-state index contributed by atoms with van der Waals surface area (Å²) >= 11 is 0. The van der Waals surface area contributed by atoms with E-state index in [1.165, 1.54) is 18.2 Å². The largest absolute Gasteiger partial charge is 0.573 e. The van der Waals surface area contributed by atoms with E-state index in [1.807, 2.05) is 0 Å². The van der Waals surface area contributed by atoms with E-state index in [0.29, 0.717) is 0 Å². The molecule has 1 radical (unpaired) electrons. The molecule has 0 aromatic heterocycles. The molecule has 0 heterocycles. The predicted octanol–water partition coefficient (Wildman–Crippen LogP) is 1.97. The Balaban J connectivity index is 2.83. The van der Waals surface area contributed by atoms with Crippen LogP contribution in [0.4, 0.5) is 18.9 Å². The second-order valence-corrected chi connectivity index (χ2v) is 2.00. The van der Waals surface area contributed by atoms with Crippen molar-refractivity contribution in [2.75, 3.05) is 5.73 Å². The molecule has 2 nitrogen and oxygen atoms in total. The zero-order valence-corrected chi connectivity index (χ0v) is 5.85. The molecule has 65 valence electrons. The average molecular weight is 176 g/mol. The molecule has 12 heavy (non-hydrogen) atoms. The molecule has 1 aromatic rings. The van der Waals surface area contributed by atoms with Crippen molar-refractivity contribution in [3.63, 3.8) is 0 Å². The highest BCUT2D eigenvalue weighted by atomic mass is 19.4. The number of alkyl halides is 3. The Morgan fingerprint density at radius 3 is 2.58 bits per heavy atom. The van der Waals surface area contributed by atoms with Crippen molar-refractivity contribution < 1.29 is 17.9 Å². The molecule has 0 aliphatic heterocycles. The SMILES string of the molecule is Nc1ccc[c]c1OC(F)(F)F. The number of anilines is 1. The number of para-hydroxylation sites is 1. The Labute approximate surface area is 66.7 Å². The first-order valence-electron chi connectivity index (χ1n) is 3.01. The van der Waals surface area contributed by atoms with Gasteiger partial charge in [0.05, 0.1) is 5.69 Å². The highest BCUT2D eigenvalue weighted by Crippen LogP contribution is 2.26. The Hall–Kier alpha value is -1.39. The number of hydrogen-bond donors (Lipinski definition) is 1. The minimum Gasteiger partial charge on any atom is -0.403 e. The van der Waals surface area contributed by atoms with Crippen molar-refractivity contribution in [1.29, 1.82) is 0 Å². The average Bonchev–Trinajstić information content (AvgIpc) is 1.91. The molecule has 0 aliphatic rings. The van der Waals surface area contributed by atoms with Crippen LogP contribution in [0.5, 0.6) is 5.75 Å². The summed E-state index contributed by atoms with van der Waals surface area (Å²) in [5.74, 6) is -0.495. The van der Waals surface area contributed by atoms with Gasteiger partial charge in [-0.05, 0) is 6.07 Å². The van der Waals surface area contributed by atoms with E-state index in [0.717, 1.165) is 0 Å². The van der Waals surface area contributed by atoms with Crippen LogP contribution in [0.3, 0.4) is 0 Å². The first kappa shape index (κ1) is 8.70. The summed E-state index contributed by atoms with van der Waals surface area (Å²) < 4.78 is 38.4. The number of rotatable bonds is 1. The molecule has 0 saturated heterocycles. The van der Waals surface area contributed by atoms with Gasteiger partial charge in [-0.3, -0.25) is 0 Å². The van der Waals surface area contributed by atoms with Gasteiger partial charge in [-0.1, -0.05) is 12.1 Å². The Morgan fingerprint density at radius 2 is 2.08 bits per heavy atom. The minimum atomic E-state index is -4.72. The molecule has 0 saturated carbocycles. The number of benzene rings is 1. The molecular formula is C7H5F3NO. The van der Waals surface area contributed by atoms with Gasteiger partial charge in [-0.25, -0.2) is 0 Å². The van der Waals surface area contributed by atoms with Gasteiger partial charge in [0.1, 0.15) is 0 Å². The quantitative estimate of drug-likeness (QED) is 0.664. The van der Waals surface area contributed by atoms with Crippen molar-refractivity contribution in [1.82, 2.24) is 0 Å². The molecule has 1 aromatic carbocycles. The predicted molar refractivity (Wildman–Crippen MR) is 36.4 cm³/mol. The van der Waals surface area contributed by atoms with Gasteiger partial charge in [-0.2, -0.15) is 0 Å². The van der Waals surface area contributed by atoms with Crippen LogP contribution in [0, 0.1) is 6.07 Å². The number of nitrogens with two attached hydrogens (primary N) is 1. The smallest absolute Gasteiger partial charge is 0.403 e. The van der Waals surface area contributed by atoms with Gasteiger partial charge in [0.15, 0.2) is 5.75 Å². The fraction of sp³-hybridized carbons (Fsp3) is 0.143. The molecule has 0 unspecified atom stereocenters. The summed E-state index contributed by atoms with van der Waals surface area (Å²) in [6.07, 6.45) is -4.72. The highest BCUT2D eigenvalue weighted by molar-refractivity contribution is 5.51. The van der Waals surface area contributed by atoms with Crippen LogP contribution in [-0.4, -0.2) is 6.36 Å². The zero-order chi connectivity index (χ0) is 9.19. The topological polar surface area (TPSA) is 35.2 Å². The third-order valence-electron chi connectivity index (χ3n) is 1.07. The van der Waals surface area contributed by atoms with Gasteiger partial charge in [0.2, 0.25) is 0 Å². The molecule has 2 N–H and O–H groups in total. The standard InChI is InChI=1S/C7H5F3NO/c8-7(9,10)12-6-4-2-1-3-5(6)11/h1-3H,11H2. The third kappa shape index (κ3) is 2.34. The number of hydrogen-bond acceptors (Lipinski definition) is 2. The van der Waals surface area contributed by atoms with Gasteiger partial charge < -0.3 is 10.5 Å². The van der Waals surface area contributed by atoms with Crippen LogP contribution in [0.1, 0.15) is 0 Å². The van der Waals surface area contributed by atoms with Crippen LogP contribution in [0.15, 0.2) is 18.2 Å². The maximum atomic E-state index is 11.6. The maximum absolute atomic E-state index is 11.6. The summed E-state index contributed by atoms with van der Waals surface area (Å²) in [7, 11) is 0. The zero-order valence-electron chi connectivity index (χ0n) is 5.85. The molecule has 1 rings (SSSR count). The number of nitrogen functional groups attached to an aromatic ring is 1. The van der Waals surface area contributed by atoms with Gasteiger partial charge >= 0.3 is 6.36 Å². The highest BCUT2D eigenvalue weighted by Gasteiger charge is 2.31. The van der Waals surface area contributed by atoms with Gasteiger partial charge in [0, 0.05) is 6.07 Å². The molecule has 0 bridgehead atoms. The summed E-state index contributed by atoms with van der Waals surface area (Å²) in [4.78, 5) is 0. The van der Waals surface area contributed by atoms with Crippen LogP contribution in [0.25, 0.3) is 0 Å². The minimum absolute atomic E-state index is 0.0881. The van der Waals surface area contributed by atoms with E-state index in [9.17, 15) is 13.2 Å². The van der Waals surface area contributed by atoms with Crippen molar-refractivity contribution in [2.45, 2.75) is 6.36 Å².